The Balaban J connectivity index is 1.76. The highest BCUT2D eigenvalue weighted by molar-refractivity contribution is 5.97. The van der Waals surface area contributed by atoms with Crippen LogP contribution in [0.1, 0.15) is 49.5 Å². The van der Waals surface area contributed by atoms with Gasteiger partial charge in [-0.2, -0.15) is 0 Å². The lowest BCUT2D eigenvalue weighted by atomic mass is 9.88. The number of ether oxygens (including phenoxy) is 1. The van der Waals surface area contributed by atoms with Crippen molar-refractivity contribution in [2.24, 2.45) is 5.92 Å². The van der Waals surface area contributed by atoms with Crippen molar-refractivity contribution >= 4 is 5.78 Å². The molecule has 1 aromatic rings. The Morgan fingerprint density at radius 2 is 1.83 bits per heavy atom. The van der Waals surface area contributed by atoms with Crippen molar-refractivity contribution in [3.63, 3.8) is 0 Å². The minimum Gasteiger partial charge on any atom is -0.389 e. The lowest BCUT2D eigenvalue weighted by Gasteiger charge is -2.33. The van der Waals surface area contributed by atoms with Crippen LogP contribution in [0, 0.1) is 12.8 Å². The predicted molar refractivity (Wildman–Crippen MR) is 96.4 cm³/mol. The van der Waals surface area contributed by atoms with Gasteiger partial charge in [0.25, 0.3) is 0 Å². The molecule has 1 unspecified atom stereocenters. The number of hydrogen-bond donors (Lipinski definition) is 1. The summed E-state index contributed by atoms with van der Waals surface area (Å²) in [5, 5.41) is 10.1. The molecule has 0 amide bonds. The molecule has 1 atom stereocenters. The molecule has 0 saturated carbocycles. The van der Waals surface area contributed by atoms with Crippen LogP contribution < -0.4 is 0 Å². The number of Topliss-reactive ketones (excluding diaryl/α,β-unsaturated/α-hetero) is 1. The fourth-order valence-electron chi connectivity index (χ4n) is 3.03. The number of rotatable bonds is 6. The third kappa shape index (κ3) is 6.00. The van der Waals surface area contributed by atoms with Gasteiger partial charge in [-0.15, -0.1) is 0 Å². The molecule has 0 radical (unpaired) electrons. The van der Waals surface area contributed by atoms with Crippen molar-refractivity contribution < 1.29 is 14.6 Å². The molecule has 1 N–H and O–H groups in total. The summed E-state index contributed by atoms with van der Waals surface area (Å²) < 4.78 is 5.63. The van der Waals surface area contributed by atoms with E-state index >= 15 is 0 Å². The smallest absolute Gasteiger partial charge is 0.166 e. The van der Waals surface area contributed by atoms with Crippen LogP contribution in [0.25, 0.3) is 0 Å². The van der Waals surface area contributed by atoms with E-state index in [1.807, 2.05) is 52.0 Å². The predicted octanol–water partition coefficient (Wildman–Crippen LogP) is 3.07. The van der Waals surface area contributed by atoms with Gasteiger partial charge in [-0.05, 0) is 53.6 Å². The number of aryl methyl sites for hydroxylation is 1. The van der Waals surface area contributed by atoms with Crippen LogP contribution in [-0.4, -0.2) is 53.7 Å². The number of hydrogen-bond acceptors (Lipinski definition) is 4. The van der Waals surface area contributed by atoms with Crippen LogP contribution in [0.5, 0.6) is 0 Å². The Labute approximate surface area is 145 Å². The summed E-state index contributed by atoms with van der Waals surface area (Å²) in [7, 11) is 0. The van der Waals surface area contributed by atoms with E-state index < -0.39 is 6.10 Å². The largest absolute Gasteiger partial charge is 0.389 e. The van der Waals surface area contributed by atoms with E-state index in [2.05, 4.69) is 4.90 Å². The van der Waals surface area contributed by atoms with Crippen molar-refractivity contribution in [2.45, 2.75) is 52.2 Å². The number of nitrogens with zero attached hydrogens (tertiary/aromatic N) is 1. The maximum absolute atomic E-state index is 12.6. The second kappa shape index (κ2) is 8.24. The van der Waals surface area contributed by atoms with Gasteiger partial charge in [0.1, 0.15) is 0 Å². The Kier molecular flexibility index (Phi) is 6.55. The number of piperidine rings is 1. The van der Waals surface area contributed by atoms with Crippen molar-refractivity contribution in [1.29, 1.82) is 0 Å². The number of carbonyl (C=O) groups excluding carboxylic acids is 1. The standard InChI is InChI=1S/C20H31NO3/c1-15-5-7-16(8-6-15)19(23)17-9-11-21(12-10-17)13-18(22)14-24-20(2,3)4/h5-8,17-18,22H,9-14H2,1-4H3. The van der Waals surface area contributed by atoms with Gasteiger partial charge in [0.15, 0.2) is 5.78 Å². The third-order valence-corrected chi connectivity index (χ3v) is 4.47. The van der Waals surface area contributed by atoms with E-state index in [-0.39, 0.29) is 17.3 Å². The SMILES string of the molecule is Cc1ccc(C(=O)C2CCN(CC(O)COC(C)(C)C)CC2)cc1. The number of ketones is 1. The molecular weight excluding hydrogens is 302 g/mol. The van der Waals surface area contributed by atoms with Crippen LogP contribution >= 0.6 is 0 Å². The number of carbonyl (C=O) groups is 1. The molecule has 0 aliphatic carbocycles. The fourth-order valence-corrected chi connectivity index (χ4v) is 3.03. The molecule has 0 spiro atoms. The quantitative estimate of drug-likeness (QED) is 0.813. The minimum atomic E-state index is -0.478. The molecule has 1 fully saturated rings. The maximum atomic E-state index is 12.6. The average Bonchev–Trinajstić information content (AvgIpc) is 2.53. The van der Waals surface area contributed by atoms with Gasteiger partial charge < -0.3 is 14.7 Å². The van der Waals surface area contributed by atoms with Crippen LogP contribution in [0.3, 0.4) is 0 Å². The molecule has 1 heterocycles. The van der Waals surface area contributed by atoms with Crippen LogP contribution in [0.4, 0.5) is 0 Å². The summed E-state index contributed by atoms with van der Waals surface area (Å²) in [6.07, 6.45) is 1.24. The molecule has 0 aromatic heterocycles. The number of likely N-dealkylation sites (tertiary alicyclic amines) is 1. The number of β-amino-alcohol motifs (C(OH)–C–C–N with tert-alkyl or cyclic N) is 1. The number of benzene rings is 1. The average molecular weight is 333 g/mol. The first kappa shape index (κ1) is 19.1. The van der Waals surface area contributed by atoms with Gasteiger partial charge in [0.05, 0.1) is 18.3 Å². The Morgan fingerprint density at radius 1 is 1.25 bits per heavy atom. The van der Waals surface area contributed by atoms with E-state index in [9.17, 15) is 9.90 Å². The Morgan fingerprint density at radius 3 is 2.38 bits per heavy atom. The summed E-state index contributed by atoms with van der Waals surface area (Å²) in [5.41, 5.74) is 1.76. The lowest BCUT2D eigenvalue weighted by Crippen LogP contribution is -2.42. The van der Waals surface area contributed by atoms with Crippen LogP contribution in [0.2, 0.25) is 0 Å². The lowest BCUT2D eigenvalue weighted by molar-refractivity contribution is -0.0576. The molecule has 1 aromatic carbocycles. The van der Waals surface area contributed by atoms with E-state index in [0.717, 1.165) is 31.5 Å². The van der Waals surface area contributed by atoms with Crippen LogP contribution in [-0.2, 0) is 4.74 Å². The summed E-state index contributed by atoms with van der Waals surface area (Å²) >= 11 is 0. The van der Waals surface area contributed by atoms with Gasteiger partial charge in [-0.1, -0.05) is 29.8 Å². The topological polar surface area (TPSA) is 49.8 Å². The molecule has 0 bridgehead atoms. The second-order valence-corrected chi connectivity index (χ2v) is 7.88. The van der Waals surface area contributed by atoms with E-state index in [1.54, 1.807) is 0 Å². The van der Waals surface area contributed by atoms with E-state index in [1.165, 1.54) is 5.56 Å². The number of aliphatic hydroxyl groups excluding tert-OH is 1. The molecule has 1 aliphatic rings. The van der Waals surface area contributed by atoms with Crippen molar-refractivity contribution in [1.82, 2.24) is 4.90 Å². The maximum Gasteiger partial charge on any atom is 0.166 e. The summed E-state index contributed by atoms with van der Waals surface area (Å²) in [6.45, 7) is 10.7. The van der Waals surface area contributed by atoms with E-state index in [4.69, 9.17) is 4.74 Å². The number of aliphatic hydroxyl groups is 1. The normalized spacial score (nSPS) is 18.5. The van der Waals surface area contributed by atoms with Crippen molar-refractivity contribution in [2.75, 3.05) is 26.2 Å². The fraction of sp³-hybridized carbons (Fsp3) is 0.650. The summed E-state index contributed by atoms with van der Waals surface area (Å²) in [6, 6.07) is 7.84. The molecule has 24 heavy (non-hydrogen) atoms. The van der Waals surface area contributed by atoms with E-state index in [0.29, 0.717) is 13.2 Å². The van der Waals surface area contributed by atoms with Gasteiger partial charge in [-0.3, -0.25) is 4.79 Å². The monoisotopic (exact) mass is 333 g/mol. The zero-order valence-electron chi connectivity index (χ0n) is 15.4. The second-order valence-electron chi connectivity index (χ2n) is 7.88. The highest BCUT2D eigenvalue weighted by Gasteiger charge is 2.27. The Bertz CT molecular complexity index is 525. The molecule has 2 rings (SSSR count). The molecule has 1 aliphatic heterocycles. The zero-order chi connectivity index (χ0) is 17.7. The molecule has 134 valence electrons. The first-order chi connectivity index (χ1) is 11.2. The van der Waals surface area contributed by atoms with Crippen LogP contribution in [0.15, 0.2) is 24.3 Å². The zero-order valence-corrected chi connectivity index (χ0v) is 15.4. The molecular formula is C20H31NO3. The van der Waals surface area contributed by atoms with Gasteiger partial charge >= 0.3 is 0 Å². The first-order valence-electron chi connectivity index (χ1n) is 8.90. The van der Waals surface area contributed by atoms with Crippen molar-refractivity contribution in [3.8, 4) is 0 Å². The highest BCUT2D eigenvalue weighted by atomic mass is 16.5. The van der Waals surface area contributed by atoms with Crippen molar-refractivity contribution in [3.05, 3.63) is 35.4 Å². The van der Waals surface area contributed by atoms with Gasteiger partial charge in [0, 0.05) is 18.0 Å². The van der Waals surface area contributed by atoms with Gasteiger partial charge in [0.2, 0.25) is 0 Å². The van der Waals surface area contributed by atoms with Gasteiger partial charge in [-0.25, -0.2) is 0 Å². The minimum absolute atomic E-state index is 0.104. The summed E-state index contributed by atoms with van der Waals surface area (Å²) in [4.78, 5) is 14.8. The molecule has 1 saturated heterocycles. The third-order valence-electron chi connectivity index (χ3n) is 4.47. The summed E-state index contributed by atoms with van der Waals surface area (Å²) in [5.74, 6) is 0.359. The Hall–Kier alpha value is -1.23. The highest BCUT2D eigenvalue weighted by Crippen LogP contribution is 2.22. The first-order valence-corrected chi connectivity index (χ1v) is 8.90. The molecule has 4 nitrogen and oxygen atoms in total. The molecule has 4 heteroatoms.